The Morgan fingerprint density at radius 2 is 2.15 bits per heavy atom. The third-order valence-electron chi connectivity index (χ3n) is 2.03. The lowest BCUT2D eigenvalue weighted by Gasteiger charge is -2.22. The molecule has 20 heavy (non-hydrogen) atoms. The summed E-state index contributed by atoms with van der Waals surface area (Å²) in [6.07, 6.45) is -4.57. The number of rotatable bonds is 5. The Morgan fingerprint density at radius 3 is 2.65 bits per heavy atom. The van der Waals surface area contributed by atoms with E-state index < -0.39 is 37.7 Å². The van der Waals surface area contributed by atoms with Gasteiger partial charge in [0.1, 0.15) is 12.2 Å². The van der Waals surface area contributed by atoms with Gasteiger partial charge in [0.15, 0.2) is 5.13 Å². The first kappa shape index (κ1) is 16.4. The summed E-state index contributed by atoms with van der Waals surface area (Å²) < 4.78 is 37.0. The lowest BCUT2D eigenvalue weighted by atomic mass is 10.3. The Balaban J connectivity index is 2.83. The number of hydrogen-bond acceptors (Lipinski definition) is 5. The Bertz CT molecular complexity index is 490. The highest BCUT2D eigenvalue weighted by Gasteiger charge is 2.33. The lowest BCUT2D eigenvalue weighted by molar-refractivity contribution is -0.141. The van der Waals surface area contributed by atoms with Crippen molar-refractivity contribution in [3.8, 4) is 0 Å². The maximum Gasteiger partial charge on any atom is 0.406 e. The second kappa shape index (κ2) is 6.66. The molecule has 112 valence electrons. The van der Waals surface area contributed by atoms with Crippen molar-refractivity contribution in [2.45, 2.75) is 13.1 Å². The Labute approximate surface area is 116 Å². The van der Waals surface area contributed by atoms with Crippen LogP contribution in [0.2, 0.25) is 0 Å². The molecular weight excluding hydrogens is 299 g/mol. The molecule has 0 bridgehead atoms. The summed E-state index contributed by atoms with van der Waals surface area (Å²) in [5.41, 5.74) is -0.212. The predicted octanol–water partition coefficient (Wildman–Crippen LogP) is 1.10. The number of aliphatic hydroxyl groups is 1. The van der Waals surface area contributed by atoms with E-state index in [4.69, 9.17) is 5.11 Å². The number of aromatic nitrogens is 1. The van der Waals surface area contributed by atoms with Crippen LogP contribution in [0.25, 0.3) is 0 Å². The first-order valence-electron chi connectivity index (χ1n) is 5.43. The molecule has 1 heterocycles. The van der Waals surface area contributed by atoms with Crippen LogP contribution in [0.15, 0.2) is 5.38 Å². The molecule has 0 aliphatic carbocycles. The minimum absolute atomic E-state index is 0.122. The van der Waals surface area contributed by atoms with Crippen molar-refractivity contribution in [2.24, 2.45) is 0 Å². The van der Waals surface area contributed by atoms with E-state index >= 15 is 0 Å². The van der Waals surface area contributed by atoms with Crippen LogP contribution in [0.1, 0.15) is 17.4 Å². The second-order valence-electron chi connectivity index (χ2n) is 3.78. The van der Waals surface area contributed by atoms with Crippen LogP contribution in [-0.4, -0.2) is 52.7 Å². The first-order chi connectivity index (χ1) is 9.23. The van der Waals surface area contributed by atoms with Gasteiger partial charge in [-0.2, -0.15) is 13.2 Å². The molecule has 0 unspecified atom stereocenters. The molecule has 10 heteroatoms. The molecule has 2 N–H and O–H groups in total. The molecule has 0 saturated carbocycles. The first-order valence-corrected chi connectivity index (χ1v) is 6.31. The average Bonchev–Trinajstić information content (AvgIpc) is 2.73. The van der Waals surface area contributed by atoms with Gasteiger partial charge in [-0.1, -0.05) is 0 Å². The van der Waals surface area contributed by atoms with Gasteiger partial charge in [0.2, 0.25) is 5.91 Å². The van der Waals surface area contributed by atoms with Crippen molar-refractivity contribution in [1.29, 1.82) is 0 Å². The Morgan fingerprint density at radius 1 is 1.50 bits per heavy atom. The van der Waals surface area contributed by atoms with E-state index in [0.29, 0.717) is 4.90 Å². The van der Waals surface area contributed by atoms with Gasteiger partial charge in [-0.15, -0.1) is 11.3 Å². The van der Waals surface area contributed by atoms with Crippen LogP contribution in [-0.2, 0) is 4.79 Å². The zero-order chi connectivity index (χ0) is 15.3. The monoisotopic (exact) mass is 311 g/mol. The summed E-state index contributed by atoms with van der Waals surface area (Å²) in [7, 11) is 0. The minimum atomic E-state index is -4.57. The highest BCUT2D eigenvalue weighted by molar-refractivity contribution is 7.14. The molecule has 0 fully saturated rings. The molecule has 0 spiro atoms. The van der Waals surface area contributed by atoms with E-state index in [1.807, 2.05) is 0 Å². The van der Waals surface area contributed by atoms with Crippen LogP contribution < -0.4 is 5.32 Å². The maximum atomic E-state index is 12.3. The van der Waals surface area contributed by atoms with E-state index in [1.54, 1.807) is 0 Å². The lowest BCUT2D eigenvalue weighted by Crippen LogP contribution is -2.40. The zero-order valence-corrected chi connectivity index (χ0v) is 11.2. The number of nitrogens with one attached hydrogen (secondary N) is 1. The van der Waals surface area contributed by atoms with Crippen LogP contribution in [0.4, 0.5) is 18.3 Å². The molecule has 0 saturated heterocycles. The van der Waals surface area contributed by atoms with Gasteiger partial charge in [0, 0.05) is 18.8 Å². The standard InChI is InChI=1S/C10H12F3N3O3S/c1-6(18)14-9-15-7(4-20-9)8(19)16(2-3-17)5-10(11,12)13/h4,17H,2-3,5H2,1H3,(H,14,15,18). The third kappa shape index (κ3) is 5.13. The Hall–Kier alpha value is -1.68. The van der Waals surface area contributed by atoms with Gasteiger partial charge in [-0.05, 0) is 0 Å². The van der Waals surface area contributed by atoms with Crippen LogP contribution >= 0.6 is 11.3 Å². The summed E-state index contributed by atoms with van der Waals surface area (Å²) >= 11 is 0.925. The zero-order valence-electron chi connectivity index (χ0n) is 10.4. The molecule has 0 atom stereocenters. The minimum Gasteiger partial charge on any atom is -0.395 e. The van der Waals surface area contributed by atoms with Gasteiger partial charge < -0.3 is 15.3 Å². The van der Waals surface area contributed by atoms with Crippen molar-refractivity contribution >= 4 is 28.3 Å². The molecule has 1 rings (SSSR count). The maximum absolute atomic E-state index is 12.3. The third-order valence-corrected chi connectivity index (χ3v) is 2.79. The molecule has 0 aliphatic heterocycles. The number of alkyl halides is 3. The van der Waals surface area contributed by atoms with E-state index in [-0.39, 0.29) is 10.8 Å². The van der Waals surface area contributed by atoms with Gasteiger partial charge in [-0.25, -0.2) is 4.98 Å². The van der Waals surface area contributed by atoms with E-state index in [2.05, 4.69) is 10.3 Å². The normalized spacial score (nSPS) is 11.2. The smallest absolute Gasteiger partial charge is 0.395 e. The number of carbonyl (C=O) groups excluding carboxylic acids is 2. The molecule has 6 nitrogen and oxygen atoms in total. The second-order valence-corrected chi connectivity index (χ2v) is 4.64. The fraction of sp³-hybridized carbons (Fsp3) is 0.500. The number of carbonyl (C=O) groups is 2. The molecule has 0 aromatic carbocycles. The van der Waals surface area contributed by atoms with E-state index in [9.17, 15) is 22.8 Å². The fourth-order valence-corrected chi connectivity index (χ4v) is 2.06. The van der Waals surface area contributed by atoms with E-state index in [0.717, 1.165) is 11.3 Å². The van der Waals surface area contributed by atoms with Crippen molar-refractivity contribution in [1.82, 2.24) is 9.88 Å². The van der Waals surface area contributed by atoms with Crippen molar-refractivity contribution in [2.75, 3.05) is 25.0 Å². The topological polar surface area (TPSA) is 82.5 Å². The highest BCUT2D eigenvalue weighted by Crippen LogP contribution is 2.20. The molecule has 2 amide bonds. The molecule has 1 aromatic rings. The van der Waals surface area contributed by atoms with Crippen LogP contribution in [0, 0.1) is 0 Å². The van der Waals surface area contributed by atoms with Crippen molar-refractivity contribution < 1.29 is 27.9 Å². The number of thiazole rings is 1. The number of anilines is 1. The van der Waals surface area contributed by atoms with Gasteiger partial charge in [-0.3, -0.25) is 9.59 Å². The number of nitrogens with zero attached hydrogens (tertiary/aromatic N) is 2. The van der Waals surface area contributed by atoms with E-state index in [1.165, 1.54) is 12.3 Å². The summed E-state index contributed by atoms with van der Waals surface area (Å²) in [5, 5.41) is 12.4. The SMILES string of the molecule is CC(=O)Nc1nc(C(=O)N(CCO)CC(F)(F)F)cs1. The fourth-order valence-electron chi connectivity index (χ4n) is 1.33. The predicted molar refractivity (Wildman–Crippen MR) is 65.5 cm³/mol. The number of amides is 2. The summed E-state index contributed by atoms with van der Waals surface area (Å²) in [4.78, 5) is 26.8. The summed E-state index contributed by atoms with van der Waals surface area (Å²) in [6.45, 7) is -1.28. The summed E-state index contributed by atoms with van der Waals surface area (Å²) in [6, 6.07) is 0. The van der Waals surface area contributed by atoms with Crippen LogP contribution in [0.5, 0.6) is 0 Å². The van der Waals surface area contributed by atoms with Gasteiger partial charge in [0.05, 0.1) is 6.61 Å². The van der Waals surface area contributed by atoms with Crippen molar-refractivity contribution in [3.63, 3.8) is 0 Å². The number of hydrogen-bond donors (Lipinski definition) is 2. The molecule has 0 aliphatic rings. The van der Waals surface area contributed by atoms with Crippen LogP contribution in [0.3, 0.4) is 0 Å². The molecular formula is C10H12F3N3O3S. The highest BCUT2D eigenvalue weighted by atomic mass is 32.1. The van der Waals surface area contributed by atoms with Crippen molar-refractivity contribution in [3.05, 3.63) is 11.1 Å². The number of aliphatic hydroxyl groups excluding tert-OH is 1. The summed E-state index contributed by atoms with van der Waals surface area (Å²) in [5.74, 6) is -1.36. The van der Waals surface area contributed by atoms with Gasteiger partial charge >= 0.3 is 6.18 Å². The number of halogens is 3. The Kier molecular flexibility index (Phi) is 5.45. The quantitative estimate of drug-likeness (QED) is 0.853. The largest absolute Gasteiger partial charge is 0.406 e. The molecule has 0 radical (unpaired) electrons. The van der Waals surface area contributed by atoms with Gasteiger partial charge in [0.25, 0.3) is 5.91 Å². The molecule has 1 aromatic heterocycles. The average molecular weight is 311 g/mol.